The Bertz CT molecular complexity index is 1010. The summed E-state index contributed by atoms with van der Waals surface area (Å²) in [5.41, 5.74) is 0. The van der Waals surface area contributed by atoms with E-state index in [2.05, 4.69) is 0 Å². The molecule has 3 fully saturated rings. The molecule has 3 heterocycles. The largest absolute Gasteiger partial charge is 2.00 e. The quantitative estimate of drug-likeness (QED) is 0.0465. The van der Waals surface area contributed by atoms with Gasteiger partial charge in [0.15, 0.2) is 12.6 Å². The van der Waals surface area contributed by atoms with Gasteiger partial charge in [-0.25, -0.2) is 4.57 Å². The summed E-state index contributed by atoms with van der Waals surface area (Å²) < 4.78 is 69.4. The maximum Gasteiger partial charge on any atom is 2.00 e. The minimum atomic E-state index is -5.17. The van der Waals surface area contributed by atoms with Gasteiger partial charge in [0.25, 0.3) is 0 Å². The van der Waals surface area contributed by atoms with Crippen LogP contribution in [0.5, 0.6) is 0 Å². The molecular formula is C18H59MgO36PS. The van der Waals surface area contributed by atoms with Crippen LogP contribution in [0.25, 0.3) is 0 Å². The van der Waals surface area contributed by atoms with Gasteiger partial charge in [-0.2, -0.15) is 0 Å². The number of rotatable bonds is 8. The van der Waals surface area contributed by atoms with E-state index in [4.69, 9.17) is 60.5 Å². The molecule has 0 aliphatic carbocycles. The number of phosphoric acid groups is 1. The van der Waals surface area contributed by atoms with Crippen LogP contribution >= 0.6 is 7.82 Å². The van der Waals surface area contributed by atoms with E-state index in [1.165, 1.54) is 0 Å². The van der Waals surface area contributed by atoms with Crippen molar-refractivity contribution < 1.29 is 182 Å². The third-order valence-electron chi connectivity index (χ3n) is 6.16. The van der Waals surface area contributed by atoms with Crippen molar-refractivity contribution in [1.29, 1.82) is 0 Å². The van der Waals surface area contributed by atoms with Gasteiger partial charge >= 0.3 is 30.9 Å². The average Bonchev–Trinajstić information content (AvgIpc) is 3.15. The first-order chi connectivity index (χ1) is 20.0. The molecule has 0 aromatic rings. The Kier molecular flexibility index (Phi) is 62.2. The molecule has 0 radical (unpaired) electrons. The van der Waals surface area contributed by atoms with Crippen LogP contribution in [0.3, 0.4) is 0 Å². The first-order valence-electron chi connectivity index (χ1n) is 12.0. The standard InChI is InChI=1S/C18H32O16.Mg.H3O4P.H2O4S.12H2O/c19-1-5-8(22)11(25)13(27)16(31-5)30-3-7-9(23)12(26)14(28)17(32-7)34-18(4-21)15(29)10(24)6(2-20)33-18;;2*1-5(2,3)4;;;;;;;;;;;;/h5-17,19-29H,1-4H2;;(H3,1,2,3,4);(H2,1,2,3,4);12*1H2/q;+2;;;;;;;;;;;;;;/p-2/t5-,6-,7-,8+,9-,10-,11+,12+,13-,14-,15+,16?,17?,18+;;;;;;;;;;;;;;;/m1.............../s1. The molecule has 2 unspecified atom stereocenters. The zero-order chi connectivity index (χ0) is 34.4. The van der Waals surface area contributed by atoms with Crippen LogP contribution in [0.15, 0.2) is 0 Å². The molecule has 14 atom stereocenters. The van der Waals surface area contributed by atoms with Crippen molar-refractivity contribution in [2.24, 2.45) is 0 Å². The Morgan fingerprint density at radius 3 is 1.19 bits per heavy atom. The van der Waals surface area contributed by atoms with Gasteiger partial charge in [0, 0.05) is 10.4 Å². The van der Waals surface area contributed by atoms with Crippen molar-refractivity contribution in [2.75, 3.05) is 26.4 Å². The van der Waals surface area contributed by atoms with E-state index in [0.29, 0.717) is 0 Å². The fourth-order valence-corrected chi connectivity index (χ4v) is 4.01. The van der Waals surface area contributed by atoms with E-state index >= 15 is 0 Å². The van der Waals surface area contributed by atoms with Crippen molar-refractivity contribution in [3.8, 4) is 0 Å². The van der Waals surface area contributed by atoms with E-state index < -0.39 is 130 Å². The number of hydrogen-bond donors (Lipinski definition) is 14. The molecule has 3 rings (SSSR count). The zero-order valence-corrected chi connectivity index (χ0v) is 31.9. The van der Waals surface area contributed by atoms with Crippen LogP contribution in [0.1, 0.15) is 0 Å². The van der Waals surface area contributed by atoms with Crippen LogP contribution in [-0.4, -0.2) is 289 Å². The van der Waals surface area contributed by atoms with Gasteiger partial charge in [0.05, 0.1) is 19.8 Å². The summed E-state index contributed by atoms with van der Waals surface area (Å²) in [5.74, 6) is -2.36. The molecular weight excluding hydrogens is 880 g/mol. The SMILES string of the molecule is O.O.O.O.O.O.O.O.O.O.O.O.O=P(O)(O)O.O=S(=O)([O-])[O-].OC[C@H]1OC(OC[C@H]2OC(O[C@]3(CO)O[C@H](CO)[C@@H](O)[C@@H]3O)[C@H](O)[C@@H](O)[C@@H]2O)[C@H](O)[C@@H](O)[C@H]1O.[Mg+2]. The summed E-state index contributed by atoms with van der Waals surface area (Å²) in [5, 5.41) is 109. The van der Waals surface area contributed by atoms with Crippen LogP contribution in [0.2, 0.25) is 0 Å². The first-order valence-corrected chi connectivity index (χ1v) is 14.9. The fraction of sp³-hybridized carbons (Fsp3) is 1.00. The predicted molar refractivity (Wildman–Crippen MR) is 175 cm³/mol. The number of aliphatic hydroxyl groups excluding tert-OH is 11. The Morgan fingerprint density at radius 1 is 0.561 bits per heavy atom. The zero-order valence-electron chi connectivity index (χ0n) is 28.7. The van der Waals surface area contributed by atoms with Crippen molar-refractivity contribution in [1.82, 2.24) is 0 Å². The van der Waals surface area contributed by atoms with Crippen LogP contribution < -0.4 is 0 Å². The van der Waals surface area contributed by atoms with Crippen molar-refractivity contribution >= 4 is 41.3 Å². The molecule has 57 heavy (non-hydrogen) atoms. The fourth-order valence-electron chi connectivity index (χ4n) is 4.01. The first kappa shape index (κ1) is 92.1. The molecule has 0 aromatic carbocycles. The summed E-state index contributed by atoms with van der Waals surface area (Å²) in [6, 6.07) is 0. The average molecular weight is 939 g/mol. The Balaban J connectivity index is -0.0000000688. The summed E-state index contributed by atoms with van der Waals surface area (Å²) in [6.07, 6.45) is -21.8. The van der Waals surface area contributed by atoms with E-state index in [0.717, 1.165) is 0 Å². The third kappa shape index (κ3) is 28.0. The number of hydrogen-bond acceptors (Lipinski definition) is 21. The van der Waals surface area contributed by atoms with E-state index in [1.807, 2.05) is 0 Å². The molecule has 360 valence electrons. The molecule has 39 heteroatoms. The Hall–Kier alpha value is -0.374. The van der Waals surface area contributed by atoms with Crippen LogP contribution in [-0.2, 0) is 38.6 Å². The van der Waals surface area contributed by atoms with Crippen molar-refractivity contribution in [3.05, 3.63) is 0 Å². The normalized spacial score (nSPS) is 33.2. The third-order valence-corrected chi connectivity index (χ3v) is 6.16. The molecule has 0 amide bonds. The molecule has 3 aliphatic heterocycles. The van der Waals surface area contributed by atoms with E-state index in [-0.39, 0.29) is 88.8 Å². The molecule has 0 saturated carbocycles. The monoisotopic (exact) mass is 938 g/mol. The van der Waals surface area contributed by atoms with Gasteiger partial charge in [-0.15, -0.1) is 0 Å². The molecule has 0 spiro atoms. The minimum absolute atomic E-state index is 0. The van der Waals surface area contributed by atoms with Crippen molar-refractivity contribution in [3.63, 3.8) is 0 Å². The van der Waals surface area contributed by atoms with Crippen molar-refractivity contribution in [2.45, 2.75) is 85.5 Å². The maximum atomic E-state index is 10.3. The number of aliphatic hydroxyl groups is 11. The van der Waals surface area contributed by atoms with Crippen LogP contribution in [0, 0.1) is 0 Å². The second-order valence-corrected chi connectivity index (χ2v) is 11.2. The summed E-state index contributed by atoms with van der Waals surface area (Å²) >= 11 is 0. The molecule has 38 N–H and O–H groups in total. The summed E-state index contributed by atoms with van der Waals surface area (Å²) in [7, 11) is -9.81. The summed E-state index contributed by atoms with van der Waals surface area (Å²) in [6.45, 7) is -3.14. The topological polar surface area (TPSA) is 805 Å². The van der Waals surface area contributed by atoms with Crippen LogP contribution in [0.4, 0.5) is 0 Å². The number of ether oxygens (including phenoxy) is 5. The Labute approximate surface area is 335 Å². The van der Waals surface area contributed by atoms with E-state index in [1.54, 1.807) is 0 Å². The van der Waals surface area contributed by atoms with Gasteiger partial charge in [-0.3, -0.25) is 8.42 Å². The minimum Gasteiger partial charge on any atom is -0.759 e. The molecule has 0 bridgehead atoms. The van der Waals surface area contributed by atoms with Gasteiger partial charge < -0.3 is 169 Å². The van der Waals surface area contributed by atoms with Gasteiger partial charge in [0.2, 0.25) is 5.79 Å². The molecule has 0 aromatic heterocycles. The molecule has 3 saturated heterocycles. The predicted octanol–water partition coefficient (Wildman–Crippen LogP) is -20.1. The van der Waals surface area contributed by atoms with Gasteiger partial charge in [0.1, 0.15) is 73.8 Å². The second-order valence-electron chi connectivity index (χ2n) is 9.33. The van der Waals surface area contributed by atoms with Gasteiger partial charge in [-0.05, 0) is 0 Å². The van der Waals surface area contributed by atoms with Gasteiger partial charge in [-0.1, -0.05) is 0 Å². The Morgan fingerprint density at radius 2 is 0.877 bits per heavy atom. The maximum absolute atomic E-state index is 10.3. The van der Waals surface area contributed by atoms with E-state index in [9.17, 15) is 56.2 Å². The summed E-state index contributed by atoms with van der Waals surface area (Å²) in [4.78, 5) is 21.6. The molecule has 3 aliphatic rings. The smallest absolute Gasteiger partial charge is 0.759 e. The second kappa shape index (κ2) is 38.5. The molecule has 36 nitrogen and oxygen atoms in total.